The van der Waals surface area contributed by atoms with Gasteiger partial charge in [0.15, 0.2) is 0 Å². The summed E-state index contributed by atoms with van der Waals surface area (Å²) in [5.41, 5.74) is 1.26. The molecule has 2 N–H and O–H groups in total. The predicted molar refractivity (Wildman–Crippen MR) is 84.4 cm³/mol. The van der Waals surface area contributed by atoms with Gasteiger partial charge in [0.05, 0.1) is 0 Å². The summed E-state index contributed by atoms with van der Waals surface area (Å²) in [5, 5.41) is 5.44. The maximum absolute atomic E-state index is 12.0. The summed E-state index contributed by atoms with van der Waals surface area (Å²) in [6, 6.07) is 7.28. The van der Waals surface area contributed by atoms with E-state index < -0.39 is 0 Å². The van der Waals surface area contributed by atoms with E-state index in [1.165, 1.54) is 13.8 Å². The van der Waals surface area contributed by atoms with Crippen molar-refractivity contribution < 1.29 is 14.4 Å². The van der Waals surface area contributed by atoms with Crippen LogP contribution in [0.2, 0.25) is 0 Å². The van der Waals surface area contributed by atoms with E-state index in [0.29, 0.717) is 24.0 Å². The molecule has 0 bridgehead atoms. The zero-order valence-corrected chi connectivity index (χ0v) is 12.9. The van der Waals surface area contributed by atoms with Crippen LogP contribution in [0.25, 0.3) is 0 Å². The van der Waals surface area contributed by atoms with E-state index in [-0.39, 0.29) is 24.1 Å². The predicted octanol–water partition coefficient (Wildman–Crippen LogP) is 1.98. The monoisotopic (exact) mass is 303 g/mol. The third-order valence-electron chi connectivity index (χ3n) is 3.44. The van der Waals surface area contributed by atoms with Gasteiger partial charge in [-0.15, -0.1) is 0 Å². The van der Waals surface area contributed by atoms with E-state index in [0.717, 1.165) is 12.8 Å². The quantitative estimate of drug-likeness (QED) is 0.843. The van der Waals surface area contributed by atoms with Gasteiger partial charge in [-0.1, -0.05) is 6.07 Å². The maximum atomic E-state index is 12.0. The largest absolute Gasteiger partial charge is 0.339 e. The van der Waals surface area contributed by atoms with E-state index >= 15 is 0 Å². The zero-order chi connectivity index (χ0) is 16.1. The number of hydrogen-bond acceptors (Lipinski definition) is 3. The Hall–Kier alpha value is -2.37. The summed E-state index contributed by atoms with van der Waals surface area (Å²) in [6.45, 7) is 3.41. The Labute approximate surface area is 129 Å². The van der Waals surface area contributed by atoms with Crippen LogP contribution in [0.3, 0.4) is 0 Å². The first-order chi connectivity index (χ1) is 10.5. The molecule has 6 heteroatoms. The number of carbonyl (C=O) groups is 3. The molecule has 2 rings (SSSR count). The smallest absolute Gasteiger partial charge is 0.226 e. The average molecular weight is 303 g/mol. The molecule has 0 heterocycles. The third kappa shape index (κ3) is 4.87. The Kier molecular flexibility index (Phi) is 5.14. The van der Waals surface area contributed by atoms with Crippen molar-refractivity contribution in [2.75, 3.05) is 17.2 Å². The Morgan fingerprint density at radius 2 is 1.77 bits per heavy atom. The molecule has 0 unspecified atom stereocenters. The van der Waals surface area contributed by atoms with Crippen LogP contribution in [-0.2, 0) is 14.4 Å². The van der Waals surface area contributed by atoms with Gasteiger partial charge in [0.1, 0.15) is 0 Å². The van der Waals surface area contributed by atoms with Crippen molar-refractivity contribution in [1.29, 1.82) is 0 Å². The number of anilines is 2. The number of benzene rings is 1. The van der Waals surface area contributed by atoms with E-state index in [4.69, 9.17) is 0 Å². The molecule has 1 aromatic rings. The number of carbonyl (C=O) groups excluding carboxylic acids is 3. The molecule has 22 heavy (non-hydrogen) atoms. The Balaban J connectivity index is 1.86. The molecule has 1 aliphatic rings. The van der Waals surface area contributed by atoms with Gasteiger partial charge in [-0.2, -0.15) is 0 Å². The summed E-state index contributed by atoms with van der Waals surface area (Å²) in [6.07, 6.45) is 2.32. The molecule has 0 radical (unpaired) electrons. The zero-order valence-electron chi connectivity index (χ0n) is 12.9. The molecule has 0 atom stereocenters. The molecule has 1 saturated carbocycles. The number of hydrogen-bond donors (Lipinski definition) is 2. The lowest BCUT2D eigenvalue weighted by molar-refractivity contribution is -0.129. The number of nitrogens with one attached hydrogen (secondary N) is 2. The lowest BCUT2D eigenvalue weighted by Gasteiger charge is -2.20. The minimum absolute atomic E-state index is 0.0166. The van der Waals surface area contributed by atoms with Crippen molar-refractivity contribution in [1.82, 2.24) is 4.90 Å². The lowest BCUT2D eigenvalue weighted by Crippen LogP contribution is -2.33. The van der Waals surface area contributed by atoms with Crippen LogP contribution in [0.15, 0.2) is 24.3 Å². The third-order valence-corrected chi connectivity index (χ3v) is 3.44. The van der Waals surface area contributed by atoms with Gasteiger partial charge >= 0.3 is 0 Å². The molecule has 1 aliphatic carbocycles. The van der Waals surface area contributed by atoms with Gasteiger partial charge in [0.2, 0.25) is 17.7 Å². The molecule has 0 aliphatic heterocycles. The highest BCUT2D eigenvalue weighted by Crippen LogP contribution is 2.27. The van der Waals surface area contributed by atoms with E-state index in [9.17, 15) is 14.4 Å². The minimum Gasteiger partial charge on any atom is -0.339 e. The highest BCUT2D eigenvalue weighted by atomic mass is 16.2. The Morgan fingerprint density at radius 3 is 2.32 bits per heavy atom. The standard InChI is InChI=1S/C16H21N3O3/c1-11(20)17-13-4-3-5-14(10-13)18-16(22)8-9-19(12(2)21)15-6-7-15/h3-5,10,15H,6-9H2,1-2H3,(H,17,20)(H,18,22). The van der Waals surface area contributed by atoms with E-state index in [1.807, 2.05) is 0 Å². The van der Waals surface area contributed by atoms with Crippen molar-refractivity contribution >= 4 is 29.1 Å². The second-order valence-electron chi connectivity index (χ2n) is 5.50. The summed E-state index contributed by atoms with van der Waals surface area (Å²) in [5.74, 6) is -0.292. The van der Waals surface area contributed by atoms with Crippen LogP contribution in [0.1, 0.15) is 33.1 Å². The first-order valence-electron chi connectivity index (χ1n) is 7.40. The number of amides is 3. The van der Waals surface area contributed by atoms with Crippen LogP contribution in [-0.4, -0.2) is 35.2 Å². The van der Waals surface area contributed by atoms with Gasteiger partial charge < -0.3 is 15.5 Å². The highest BCUT2D eigenvalue weighted by molar-refractivity contribution is 5.93. The fraction of sp³-hybridized carbons (Fsp3) is 0.438. The summed E-state index contributed by atoms with van der Waals surface area (Å²) in [7, 11) is 0. The highest BCUT2D eigenvalue weighted by Gasteiger charge is 2.30. The minimum atomic E-state index is -0.162. The van der Waals surface area contributed by atoms with Crippen molar-refractivity contribution in [2.45, 2.75) is 39.2 Å². The fourth-order valence-corrected chi connectivity index (χ4v) is 2.31. The number of rotatable bonds is 6. The van der Waals surface area contributed by atoms with Gasteiger partial charge in [0, 0.05) is 44.2 Å². The molecular formula is C16H21N3O3. The summed E-state index contributed by atoms with van der Waals surface area (Å²) < 4.78 is 0. The lowest BCUT2D eigenvalue weighted by atomic mass is 10.2. The second-order valence-corrected chi connectivity index (χ2v) is 5.50. The second kappa shape index (κ2) is 7.06. The van der Waals surface area contributed by atoms with Gasteiger partial charge in [-0.05, 0) is 31.0 Å². The first-order valence-corrected chi connectivity index (χ1v) is 7.40. The van der Waals surface area contributed by atoms with E-state index in [2.05, 4.69) is 10.6 Å². The molecule has 0 aromatic heterocycles. The topological polar surface area (TPSA) is 78.5 Å². The van der Waals surface area contributed by atoms with Crippen LogP contribution in [0.5, 0.6) is 0 Å². The van der Waals surface area contributed by atoms with Crippen LogP contribution in [0.4, 0.5) is 11.4 Å². The normalized spacial score (nSPS) is 13.4. The molecular weight excluding hydrogens is 282 g/mol. The molecule has 3 amide bonds. The van der Waals surface area contributed by atoms with Crippen molar-refractivity contribution in [2.24, 2.45) is 0 Å². The van der Waals surface area contributed by atoms with Crippen LogP contribution in [0, 0.1) is 0 Å². The maximum Gasteiger partial charge on any atom is 0.226 e. The van der Waals surface area contributed by atoms with Crippen molar-refractivity contribution in [3.8, 4) is 0 Å². The van der Waals surface area contributed by atoms with Gasteiger partial charge in [-0.3, -0.25) is 14.4 Å². The Bertz CT molecular complexity index is 582. The average Bonchev–Trinajstić information content (AvgIpc) is 3.22. The van der Waals surface area contributed by atoms with Crippen molar-refractivity contribution in [3.63, 3.8) is 0 Å². The molecule has 118 valence electrons. The van der Waals surface area contributed by atoms with Crippen molar-refractivity contribution in [3.05, 3.63) is 24.3 Å². The molecule has 6 nitrogen and oxygen atoms in total. The summed E-state index contributed by atoms with van der Waals surface area (Å²) in [4.78, 5) is 36.3. The fourth-order valence-electron chi connectivity index (χ4n) is 2.31. The molecule has 1 aromatic carbocycles. The first kappa shape index (κ1) is 16.0. The van der Waals surface area contributed by atoms with Gasteiger partial charge in [0.25, 0.3) is 0 Å². The SMILES string of the molecule is CC(=O)Nc1cccc(NC(=O)CCN(C(C)=O)C2CC2)c1. The molecule has 0 spiro atoms. The van der Waals surface area contributed by atoms with E-state index in [1.54, 1.807) is 29.2 Å². The molecule has 0 saturated heterocycles. The molecule has 1 fully saturated rings. The van der Waals surface area contributed by atoms with Crippen LogP contribution >= 0.6 is 0 Å². The summed E-state index contributed by atoms with van der Waals surface area (Å²) >= 11 is 0. The van der Waals surface area contributed by atoms with Gasteiger partial charge in [-0.25, -0.2) is 0 Å². The van der Waals surface area contributed by atoms with Crippen LogP contribution < -0.4 is 10.6 Å². The Morgan fingerprint density at radius 1 is 1.14 bits per heavy atom. The number of nitrogens with zero attached hydrogens (tertiary/aromatic N) is 1.